The lowest BCUT2D eigenvalue weighted by Crippen LogP contribution is -2.34. The van der Waals surface area contributed by atoms with Gasteiger partial charge in [-0.15, -0.1) is 0 Å². The molecule has 0 fully saturated rings. The fourth-order valence-electron chi connectivity index (χ4n) is 2.57. The number of aromatic nitrogens is 3. The van der Waals surface area contributed by atoms with Crippen molar-refractivity contribution in [1.82, 2.24) is 19.7 Å². The molecule has 3 N–H and O–H groups in total. The lowest BCUT2D eigenvalue weighted by molar-refractivity contribution is 0.0944. The van der Waals surface area contributed by atoms with Crippen molar-refractivity contribution in [3.8, 4) is 0 Å². The Kier molecular flexibility index (Phi) is 3.96. The van der Waals surface area contributed by atoms with Crippen molar-refractivity contribution in [2.75, 3.05) is 12.4 Å². The Morgan fingerprint density at radius 2 is 2.26 bits per heavy atom. The Balaban J connectivity index is 2.00. The van der Waals surface area contributed by atoms with Gasteiger partial charge in [-0.25, -0.2) is 9.97 Å². The highest BCUT2D eigenvalue weighted by molar-refractivity contribution is 6.07. The Morgan fingerprint density at radius 1 is 1.43 bits per heavy atom. The second-order valence-electron chi connectivity index (χ2n) is 5.31. The Hall–Kier alpha value is -2.90. The van der Waals surface area contributed by atoms with Crippen molar-refractivity contribution in [2.45, 2.75) is 26.0 Å². The van der Waals surface area contributed by atoms with E-state index in [1.54, 1.807) is 25.6 Å². The van der Waals surface area contributed by atoms with E-state index in [2.05, 4.69) is 25.8 Å². The molecule has 0 amide bonds. The van der Waals surface area contributed by atoms with Crippen LogP contribution in [0, 0.1) is 5.41 Å². The van der Waals surface area contributed by atoms with E-state index in [9.17, 15) is 0 Å². The second kappa shape index (κ2) is 6.07. The van der Waals surface area contributed by atoms with Crippen LogP contribution < -0.4 is 10.6 Å². The standard InChI is InChI=1S/C15H19N7O/c1-9-13(10(2)23-21-9)20-14-15-19-8-12(11(6-16)7-17-3)22(15)5-4-18-14/h4-8,10,13,16-17H,1-3H3,(H,18,20)/b11-7+,16-6?. The molecule has 23 heavy (non-hydrogen) atoms. The van der Waals surface area contributed by atoms with Crippen LogP contribution >= 0.6 is 0 Å². The maximum Gasteiger partial charge on any atom is 0.180 e. The molecule has 8 nitrogen and oxygen atoms in total. The van der Waals surface area contributed by atoms with Crippen molar-refractivity contribution in [1.29, 1.82) is 5.41 Å². The first kappa shape index (κ1) is 15.0. The van der Waals surface area contributed by atoms with Crippen LogP contribution in [-0.2, 0) is 4.84 Å². The fraction of sp³-hybridized carbons (Fsp3) is 0.333. The highest BCUT2D eigenvalue weighted by Gasteiger charge is 2.28. The summed E-state index contributed by atoms with van der Waals surface area (Å²) in [6.07, 6.45) is 8.24. The number of nitrogens with zero attached hydrogens (tertiary/aromatic N) is 4. The molecule has 120 valence electrons. The molecule has 3 heterocycles. The van der Waals surface area contributed by atoms with Crippen LogP contribution in [0.4, 0.5) is 5.82 Å². The van der Waals surface area contributed by atoms with Gasteiger partial charge in [-0.2, -0.15) is 0 Å². The number of oxime groups is 1. The SMILES string of the molecule is CN/C=C(\C=N)c1cnc2c(NC3C(C)=NOC3C)nccn12. The Labute approximate surface area is 133 Å². The molecule has 0 spiro atoms. The molecule has 0 aromatic carbocycles. The fourth-order valence-corrected chi connectivity index (χ4v) is 2.57. The van der Waals surface area contributed by atoms with Crippen molar-refractivity contribution in [2.24, 2.45) is 5.16 Å². The topological polar surface area (TPSA) is 99.7 Å². The third-order valence-corrected chi connectivity index (χ3v) is 3.75. The molecule has 2 aromatic rings. The number of allylic oxidation sites excluding steroid dienone is 1. The summed E-state index contributed by atoms with van der Waals surface area (Å²) in [6, 6.07) is -0.0380. The first-order valence-corrected chi connectivity index (χ1v) is 7.33. The van der Waals surface area contributed by atoms with Crippen molar-refractivity contribution in [3.05, 3.63) is 30.5 Å². The van der Waals surface area contributed by atoms with Crippen LogP contribution in [-0.4, -0.2) is 45.5 Å². The Morgan fingerprint density at radius 3 is 2.91 bits per heavy atom. The number of hydrogen-bond donors (Lipinski definition) is 3. The van der Waals surface area contributed by atoms with Gasteiger partial charge in [0.2, 0.25) is 0 Å². The molecule has 0 saturated carbocycles. The van der Waals surface area contributed by atoms with Crippen molar-refractivity contribution in [3.63, 3.8) is 0 Å². The van der Waals surface area contributed by atoms with Crippen LogP contribution in [0.25, 0.3) is 11.2 Å². The van der Waals surface area contributed by atoms with Gasteiger partial charge in [0.05, 0.1) is 17.6 Å². The number of hydrogen-bond acceptors (Lipinski definition) is 7. The zero-order valence-corrected chi connectivity index (χ0v) is 13.2. The summed E-state index contributed by atoms with van der Waals surface area (Å²) in [5.41, 5.74) is 3.12. The molecule has 1 aliphatic heterocycles. The van der Waals surface area contributed by atoms with Crippen LogP contribution in [0.15, 0.2) is 29.9 Å². The summed E-state index contributed by atoms with van der Waals surface area (Å²) in [6.45, 7) is 3.87. The zero-order valence-electron chi connectivity index (χ0n) is 13.2. The first-order chi connectivity index (χ1) is 11.2. The van der Waals surface area contributed by atoms with Crippen LogP contribution in [0.1, 0.15) is 19.5 Å². The van der Waals surface area contributed by atoms with Crippen LogP contribution in [0.2, 0.25) is 0 Å². The zero-order chi connectivity index (χ0) is 16.4. The van der Waals surface area contributed by atoms with E-state index in [0.29, 0.717) is 11.5 Å². The number of fused-ring (bicyclic) bond motifs is 1. The maximum absolute atomic E-state index is 7.56. The minimum atomic E-state index is -0.0622. The molecule has 2 unspecified atom stereocenters. The average Bonchev–Trinajstić information content (AvgIpc) is 3.12. The summed E-state index contributed by atoms with van der Waals surface area (Å²) in [4.78, 5) is 14.1. The van der Waals surface area contributed by atoms with Gasteiger partial charge in [0.15, 0.2) is 11.5 Å². The molecule has 0 bridgehead atoms. The third-order valence-electron chi connectivity index (χ3n) is 3.75. The molecule has 8 heteroatoms. The maximum atomic E-state index is 7.56. The smallest absolute Gasteiger partial charge is 0.180 e. The summed E-state index contributed by atoms with van der Waals surface area (Å²) < 4.78 is 1.90. The molecular formula is C15H19N7O. The van der Waals surface area contributed by atoms with Crippen molar-refractivity contribution >= 4 is 29.0 Å². The van der Waals surface area contributed by atoms with Gasteiger partial charge >= 0.3 is 0 Å². The van der Waals surface area contributed by atoms with Gasteiger partial charge in [0, 0.05) is 37.4 Å². The van der Waals surface area contributed by atoms with Gasteiger partial charge < -0.3 is 20.9 Å². The predicted molar refractivity (Wildman–Crippen MR) is 89.9 cm³/mol. The highest BCUT2D eigenvalue weighted by atomic mass is 16.6. The number of anilines is 1. The number of nitrogens with one attached hydrogen (secondary N) is 3. The number of imidazole rings is 1. The van der Waals surface area contributed by atoms with E-state index in [1.807, 2.05) is 24.4 Å². The molecular weight excluding hydrogens is 294 g/mol. The van der Waals surface area contributed by atoms with E-state index in [-0.39, 0.29) is 12.1 Å². The third kappa shape index (κ3) is 2.63. The molecule has 0 aliphatic carbocycles. The molecule has 3 rings (SSSR count). The lowest BCUT2D eigenvalue weighted by atomic mass is 10.1. The van der Waals surface area contributed by atoms with E-state index in [0.717, 1.165) is 17.0 Å². The van der Waals surface area contributed by atoms with Gasteiger partial charge in [0.1, 0.15) is 12.1 Å². The van der Waals surface area contributed by atoms with E-state index >= 15 is 0 Å². The predicted octanol–water partition coefficient (Wildman–Crippen LogP) is 1.51. The molecule has 2 atom stereocenters. The number of rotatable bonds is 5. The summed E-state index contributed by atoms with van der Waals surface area (Å²) in [5, 5.41) is 17.8. The molecule has 0 saturated heterocycles. The van der Waals surface area contributed by atoms with Gasteiger partial charge in [-0.3, -0.25) is 4.40 Å². The summed E-state index contributed by atoms with van der Waals surface area (Å²) in [5.74, 6) is 0.657. The minimum Gasteiger partial charge on any atom is -0.393 e. The van der Waals surface area contributed by atoms with E-state index in [1.165, 1.54) is 6.21 Å². The largest absolute Gasteiger partial charge is 0.393 e. The first-order valence-electron chi connectivity index (χ1n) is 7.33. The minimum absolute atomic E-state index is 0.0380. The summed E-state index contributed by atoms with van der Waals surface area (Å²) >= 11 is 0. The molecule has 2 aromatic heterocycles. The quantitative estimate of drug-likeness (QED) is 0.727. The lowest BCUT2D eigenvalue weighted by Gasteiger charge is -2.16. The van der Waals surface area contributed by atoms with Gasteiger partial charge in [-0.1, -0.05) is 5.16 Å². The summed E-state index contributed by atoms with van der Waals surface area (Å²) in [7, 11) is 1.80. The van der Waals surface area contributed by atoms with E-state index < -0.39 is 0 Å². The van der Waals surface area contributed by atoms with Gasteiger partial charge in [-0.05, 0) is 13.8 Å². The van der Waals surface area contributed by atoms with E-state index in [4.69, 9.17) is 10.2 Å². The van der Waals surface area contributed by atoms with Crippen molar-refractivity contribution < 1.29 is 4.84 Å². The van der Waals surface area contributed by atoms with Crippen LogP contribution in [0.3, 0.4) is 0 Å². The van der Waals surface area contributed by atoms with Gasteiger partial charge in [0.25, 0.3) is 0 Å². The monoisotopic (exact) mass is 313 g/mol. The molecule has 1 aliphatic rings. The normalized spacial score (nSPS) is 21.0. The molecule has 0 radical (unpaired) electrons. The second-order valence-corrected chi connectivity index (χ2v) is 5.31. The van der Waals surface area contributed by atoms with Crippen LogP contribution in [0.5, 0.6) is 0 Å². The average molecular weight is 313 g/mol. The Bertz CT molecular complexity index is 792. The highest BCUT2D eigenvalue weighted by Crippen LogP contribution is 2.22.